The molecule has 5 aromatic rings. The summed E-state index contributed by atoms with van der Waals surface area (Å²) in [7, 11) is 0. The zero-order chi connectivity index (χ0) is 40.7. The van der Waals surface area contributed by atoms with Crippen LogP contribution in [0.5, 0.6) is 0 Å². The van der Waals surface area contributed by atoms with Gasteiger partial charge in [0, 0.05) is 19.4 Å². The number of carbonyl (C=O) groups excluding carboxylic acids is 4. The Morgan fingerprint density at radius 1 is 0.649 bits per heavy atom. The van der Waals surface area contributed by atoms with Crippen LogP contribution in [0.3, 0.4) is 0 Å². The third-order valence-electron chi connectivity index (χ3n) is 10.3. The van der Waals surface area contributed by atoms with Crippen LogP contribution in [-0.2, 0) is 38.6 Å². The van der Waals surface area contributed by atoms with Gasteiger partial charge in [0.15, 0.2) is 0 Å². The third-order valence-corrected chi connectivity index (χ3v) is 10.3. The molecule has 300 valence electrons. The number of rotatable bonds is 19. The molecule has 0 aliphatic rings. The lowest BCUT2D eigenvalue weighted by atomic mass is 9.94. The monoisotopic (exact) mass is 772 g/mol. The summed E-state index contributed by atoms with van der Waals surface area (Å²) in [6.07, 6.45) is -0.570. The van der Waals surface area contributed by atoms with Gasteiger partial charge in [-0.15, -0.1) is 0 Å². The molecule has 0 aromatic heterocycles. The molecule has 1 unspecified atom stereocenters. The van der Waals surface area contributed by atoms with E-state index in [1.54, 1.807) is 0 Å². The minimum atomic E-state index is -1.16. The lowest BCUT2D eigenvalue weighted by Crippen LogP contribution is -2.57. The first-order chi connectivity index (χ1) is 27.5. The normalized spacial score (nSPS) is 13.9. The highest BCUT2D eigenvalue weighted by atomic mass is 16.5. The molecule has 5 rings (SSSR count). The molecule has 0 heterocycles. The number of benzene rings is 5. The SMILES string of the molecule is CCC(C)CNC(=O)C[C@H](O)[C@H](CC(C)C)NC(=O)[C@H](Cc1cccc2ccccc12)NC(=O)[C@H](Cc1cccc2ccccc12)NC(=O)OCc1ccccc1. The Morgan fingerprint density at radius 2 is 1.18 bits per heavy atom. The van der Waals surface area contributed by atoms with Crippen molar-refractivity contribution in [2.24, 2.45) is 11.8 Å². The van der Waals surface area contributed by atoms with Gasteiger partial charge in [-0.25, -0.2) is 4.79 Å². The predicted molar refractivity (Wildman–Crippen MR) is 225 cm³/mol. The van der Waals surface area contributed by atoms with Crippen molar-refractivity contribution in [3.63, 3.8) is 0 Å². The Morgan fingerprint density at radius 3 is 1.75 bits per heavy atom. The molecule has 0 aliphatic carbocycles. The number of fused-ring (bicyclic) bond motifs is 2. The van der Waals surface area contributed by atoms with Crippen LogP contribution in [0.2, 0.25) is 0 Å². The molecule has 0 saturated carbocycles. The van der Waals surface area contributed by atoms with Gasteiger partial charge in [0.25, 0.3) is 0 Å². The molecular formula is C47H56N4O6. The Kier molecular flexibility index (Phi) is 15.6. The van der Waals surface area contributed by atoms with Crippen LogP contribution in [0.4, 0.5) is 4.79 Å². The van der Waals surface area contributed by atoms with Gasteiger partial charge in [0.1, 0.15) is 18.7 Å². The van der Waals surface area contributed by atoms with E-state index in [1.165, 1.54) is 0 Å². The molecule has 57 heavy (non-hydrogen) atoms. The molecule has 5 N–H and O–H groups in total. The number of nitrogens with one attached hydrogen (secondary N) is 4. The smallest absolute Gasteiger partial charge is 0.408 e. The van der Waals surface area contributed by atoms with Crippen molar-refractivity contribution >= 4 is 45.4 Å². The highest BCUT2D eigenvalue weighted by Crippen LogP contribution is 2.22. The first kappa shape index (κ1) is 42.4. The number of carbonyl (C=O) groups is 4. The maximum atomic E-state index is 14.5. The van der Waals surface area contributed by atoms with E-state index >= 15 is 0 Å². The zero-order valence-corrected chi connectivity index (χ0v) is 33.4. The molecule has 5 atom stereocenters. The first-order valence-corrected chi connectivity index (χ1v) is 20.0. The standard InChI is InChI=1S/C47H56N4O6/c1-5-32(4)29-48-44(53)28-43(52)40(25-31(2)3)49-45(54)41(26-36-21-13-19-34-17-9-11-23-38(34)36)50-46(55)42(51-47(56)57-30-33-15-7-6-8-16-33)27-37-22-14-20-35-18-10-12-24-39(35)37/h6-24,31-32,40-43,52H,5,25-30H2,1-4H3,(H,48,53)(H,49,54)(H,50,55)(H,51,56)/t32?,40-,41-,42-,43-/m0/s1. The Labute approximate surface area is 335 Å². The van der Waals surface area contributed by atoms with Crippen molar-refractivity contribution in [2.45, 2.75) is 90.6 Å². The van der Waals surface area contributed by atoms with Gasteiger partial charge in [-0.1, -0.05) is 149 Å². The van der Waals surface area contributed by atoms with Crippen LogP contribution < -0.4 is 21.3 Å². The van der Waals surface area contributed by atoms with Crippen LogP contribution in [-0.4, -0.2) is 59.7 Å². The Balaban J connectivity index is 1.43. The fraction of sp³-hybridized carbons (Fsp3) is 0.362. The Hall–Kier alpha value is -5.74. The van der Waals surface area contributed by atoms with Crippen LogP contribution in [0.25, 0.3) is 21.5 Å². The van der Waals surface area contributed by atoms with Gasteiger partial charge in [0.2, 0.25) is 17.7 Å². The molecule has 0 spiro atoms. The molecule has 0 bridgehead atoms. The minimum absolute atomic E-state index is 0.0105. The van der Waals surface area contributed by atoms with Crippen LogP contribution in [0.15, 0.2) is 115 Å². The van der Waals surface area contributed by atoms with E-state index in [0.29, 0.717) is 18.9 Å². The molecule has 4 amide bonds. The van der Waals surface area contributed by atoms with Crippen LogP contribution in [0, 0.1) is 11.8 Å². The quantitative estimate of drug-likeness (QED) is 0.0611. The maximum Gasteiger partial charge on any atom is 0.408 e. The summed E-state index contributed by atoms with van der Waals surface area (Å²) in [6.45, 7) is 8.55. The molecule has 10 nitrogen and oxygen atoms in total. The number of aliphatic hydroxyl groups excluding tert-OH is 1. The lowest BCUT2D eigenvalue weighted by Gasteiger charge is -2.29. The second-order valence-corrected chi connectivity index (χ2v) is 15.3. The third kappa shape index (κ3) is 12.6. The first-order valence-electron chi connectivity index (χ1n) is 20.0. The maximum absolute atomic E-state index is 14.5. The molecule has 0 radical (unpaired) electrons. The molecule has 5 aromatic carbocycles. The van der Waals surface area contributed by atoms with Gasteiger partial charge >= 0.3 is 6.09 Å². The molecular weight excluding hydrogens is 717 g/mol. The summed E-state index contributed by atoms with van der Waals surface area (Å²) >= 11 is 0. The average molecular weight is 773 g/mol. The van der Waals surface area contributed by atoms with Gasteiger partial charge in [0.05, 0.1) is 18.6 Å². The largest absolute Gasteiger partial charge is 0.445 e. The minimum Gasteiger partial charge on any atom is -0.445 e. The van der Waals surface area contributed by atoms with Crippen molar-refractivity contribution < 1.29 is 29.0 Å². The van der Waals surface area contributed by atoms with Gasteiger partial charge in [-0.2, -0.15) is 0 Å². The number of alkyl carbamates (subject to hydrolysis) is 1. The Bertz CT molecular complexity index is 2090. The van der Waals surface area contributed by atoms with Gasteiger partial charge in [-0.3, -0.25) is 14.4 Å². The summed E-state index contributed by atoms with van der Waals surface area (Å²) in [5.74, 6) is -1.02. The summed E-state index contributed by atoms with van der Waals surface area (Å²) in [5.41, 5.74) is 2.46. The lowest BCUT2D eigenvalue weighted by molar-refractivity contribution is -0.131. The van der Waals surface area contributed by atoms with E-state index in [1.807, 2.05) is 143 Å². The second-order valence-electron chi connectivity index (χ2n) is 15.3. The molecule has 0 saturated heterocycles. The van der Waals surface area contributed by atoms with Crippen LogP contribution in [0.1, 0.15) is 63.6 Å². The van der Waals surface area contributed by atoms with Crippen molar-refractivity contribution in [2.75, 3.05) is 6.54 Å². The highest BCUT2D eigenvalue weighted by molar-refractivity contribution is 5.94. The number of amides is 4. The fourth-order valence-electron chi connectivity index (χ4n) is 6.92. The number of ether oxygens (including phenoxy) is 1. The van der Waals surface area contributed by atoms with Crippen molar-refractivity contribution in [1.29, 1.82) is 0 Å². The van der Waals surface area contributed by atoms with E-state index in [0.717, 1.165) is 44.7 Å². The second kappa shape index (κ2) is 21.0. The van der Waals surface area contributed by atoms with Crippen molar-refractivity contribution in [3.8, 4) is 0 Å². The zero-order valence-electron chi connectivity index (χ0n) is 33.4. The summed E-state index contributed by atoms with van der Waals surface area (Å²) in [5, 5.41) is 26.8. The molecule has 10 heteroatoms. The van der Waals surface area contributed by atoms with E-state index in [9.17, 15) is 24.3 Å². The topological polar surface area (TPSA) is 146 Å². The van der Waals surface area contributed by atoms with Crippen LogP contribution >= 0.6 is 0 Å². The summed E-state index contributed by atoms with van der Waals surface area (Å²) in [4.78, 5) is 55.1. The summed E-state index contributed by atoms with van der Waals surface area (Å²) in [6, 6.07) is 33.5. The van der Waals surface area contributed by atoms with Gasteiger partial charge in [-0.05, 0) is 56.5 Å². The van der Waals surface area contributed by atoms with E-state index in [-0.39, 0.29) is 37.7 Å². The highest BCUT2D eigenvalue weighted by Gasteiger charge is 2.32. The number of hydrogen-bond acceptors (Lipinski definition) is 6. The molecule has 0 fully saturated rings. The van der Waals surface area contributed by atoms with Crippen molar-refractivity contribution in [1.82, 2.24) is 21.3 Å². The van der Waals surface area contributed by atoms with E-state index in [4.69, 9.17) is 4.74 Å². The van der Waals surface area contributed by atoms with E-state index < -0.39 is 42.1 Å². The van der Waals surface area contributed by atoms with Crippen molar-refractivity contribution in [3.05, 3.63) is 132 Å². The molecule has 0 aliphatic heterocycles. The summed E-state index contributed by atoms with van der Waals surface area (Å²) < 4.78 is 5.54. The van der Waals surface area contributed by atoms with Gasteiger partial charge < -0.3 is 31.1 Å². The van der Waals surface area contributed by atoms with E-state index in [2.05, 4.69) is 21.3 Å². The predicted octanol–water partition coefficient (Wildman–Crippen LogP) is 7.00. The number of aliphatic hydroxyl groups is 1. The average Bonchev–Trinajstić information content (AvgIpc) is 3.21. The fourth-order valence-corrected chi connectivity index (χ4v) is 6.92. The number of hydrogen-bond donors (Lipinski definition) is 5.